The van der Waals surface area contributed by atoms with Crippen molar-refractivity contribution in [1.29, 1.82) is 0 Å². The summed E-state index contributed by atoms with van der Waals surface area (Å²) in [5, 5.41) is 3.31. The summed E-state index contributed by atoms with van der Waals surface area (Å²) in [4.78, 5) is 4.52. The largest absolute Gasteiger partial charge is 0.496 e. The Bertz CT molecular complexity index is 767. The van der Waals surface area contributed by atoms with Crippen molar-refractivity contribution in [2.75, 3.05) is 34.4 Å². The molecule has 1 heterocycles. The first-order chi connectivity index (χ1) is 12.8. The number of nitrogens with zero attached hydrogens (tertiary/aromatic N) is 1. The van der Waals surface area contributed by atoms with Gasteiger partial charge in [0.2, 0.25) is 0 Å². The fourth-order valence-electron chi connectivity index (χ4n) is 2.88. The summed E-state index contributed by atoms with van der Waals surface area (Å²) in [6.45, 7) is 2.09. The monoisotopic (exact) mass is 356 g/mol. The highest BCUT2D eigenvalue weighted by atomic mass is 16.5. The van der Waals surface area contributed by atoms with Gasteiger partial charge in [-0.2, -0.15) is 0 Å². The van der Waals surface area contributed by atoms with Gasteiger partial charge < -0.3 is 24.3 Å². The molecule has 0 aromatic heterocycles. The first-order valence-electron chi connectivity index (χ1n) is 8.56. The van der Waals surface area contributed by atoms with Gasteiger partial charge in [0, 0.05) is 18.7 Å². The summed E-state index contributed by atoms with van der Waals surface area (Å²) in [5.41, 5.74) is 1.84. The Labute approximate surface area is 153 Å². The van der Waals surface area contributed by atoms with Gasteiger partial charge in [-0.1, -0.05) is 6.07 Å². The van der Waals surface area contributed by atoms with Gasteiger partial charge in [0.05, 0.1) is 26.9 Å². The molecule has 26 heavy (non-hydrogen) atoms. The SMILES string of the molecule is COc1cc(C2=NCCCN2)ccc1OCc1c(OC)cccc1OC. The van der Waals surface area contributed by atoms with E-state index in [0.717, 1.165) is 48.0 Å². The van der Waals surface area contributed by atoms with Crippen LogP contribution in [0.25, 0.3) is 0 Å². The second-order valence-electron chi connectivity index (χ2n) is 5.81. The Morgan fingerprint density at radius 3 is 2.27 bits per heavy atom. The number of aliphatic imine (C=N–C) groups is 1. The third-order valence-electron chi connectivity index (χ3n) is 4.24. The molecule has 2 aromatic carbocycles. The van der Waals surface area contributed by atoms with Crippen molar-refractivity contribution in [3.8, 4) is 23.0 Å². The van der Waals surface area contributed by atoms with E-state index in [1.54, 1.807) is 21.3 Å². The van der Waals surface area contributed by atoms with Gasteiger partial charge in [0.25, 0.3) is 0 Å². The highest BCUT2D eigenvalue weighted by Crippen LogP contribution is 2.33. The maximum absolute atomic E-state index is 6.00. The molecule has 1 N–H and O–H groups in total. The molecule has 1 aliphatic heterocycles. The van der Waals surface area contributed by atoms with Crippen molar-refractivity contribution < 1.29 is 18.9 Å². The summed E-state index contributed by atoms with van der Waals surface area (Å²) < 4.78 is 22.3. The summed E-state index contributed by atoms with van der Waals surface area (Å²) in [7, 11) is 4.89. The lowest BCUT2D eigenvalue weighted by Crippen LogP contribution is -2.30. The maximum atomic E-state index is 6.00. The van der Waals surface area contributed by atoms with Gasteiger partial charge in [-0.15, -0.1) is 0 Å². The number of rotatable bonds is 7. The molecule has 0 fully saturated rings. The fourth-order valence-corrected chi connectivity index (χ4v) is 2.88. The molecule has 0 amide bonds. The van der Waals surface area contributed by atoms with Crippen molar-refractivity contribution in [2.24, 2.45) is 4.99 Å². The van der Waals surface area contributed by atoms with Crippen LogP contribution in [0.1, 0.15) is 17.5 Å². The van der Waals surface area contributed by atoms with Crippen molar-refractivity contribution in [1.82, 2.24) is 5.32 Å². The molecule has 6 nitrogen and oxygen atoms in total. The maximum Gasteiger partial charge on any atom is 0.161 e. The highest BCUT2D eigenvalue weighted by Gasteiger charge is 2.14. The van der Waals surface area contributed by atoms with E-state index in [2.05, 4.69) is 10.3 Å². The molecular formula is C20H24N2O4. The Morgan fingerprint density at radius 1 is 0.923 bits per heavy atom. The van der Waals surface area contributed by atoms with Gasteiger partial charge in [0.15, 0.2) is 11.5 Å². The van der Waals surface area contributed by atoms with Crippen LogP contribution < -0.4 is 24.3 Å². The third kappa shape index (κ3) is 3.85. The van der Waals surface area contributed by atoms with E-state index in [1.165, 1.54) is 0 Å². The Balaban J connectivity index is 1.81. The molecule has 2 aromatic rings. The molecule has 0 unspecified atom stereocenters. The number of nitrogens with one attached hydrogen (secondary N) is 1. The van der Waals surface area contributed by atoms with Crippen molar-refractivity contribution in [2.45, 2.75) is 13.0 Å². The van der Waals surface area contributed by atoms with Gasteiger partial charge >= 0.3 is 0 Å². The van der Waals surface area contributed by atoms with Gasteiger partial charge in [-0.25, -0.2) is 0 Å². The second-order valence-corrected chi connectivity index (χ2v) is 5.81. The van der Waals surface area contributed by atoms with Crippen LogP contribution in [-0.2, 0) is 6.61 Å². The van der Waals surface area contributed by atoms with Crippen LogP contribution in [0.3, 0.4) is 0 Å². The van der Waals surface area contributed by atoms with Crippen LogP contribution >= 0.6 is 0 Å². The lowest BCUT2D eigenvalue weighted by molar-refractivity contribution is 0.270. The second kappa shape index (κ2) is 8.47. The first kappa shape index (κ1) is 17.9. The van der Waals surface area contributed by atoms with Crippen LogP contribution in [0.4, 0.5) is 0 Å². The van der Waals surface area contributed by atoms with Gasteiger partial charge in [-0.3, -0.25) is 4.99 Å². The highest BCUT2D eigenvalue weighted by molar-refractivity contribution is 5.99. The smallest absolute Gasteiger partial charge is 0.161 e. The predicted molar refractivity (Wildman–Crippen MR) is 101 cm³/mol. The first-order valence-corrected chi connectivity index (χ1v) is 8.56. The molecule has 3 rings (SSSR count). The van der Waals surface area contributed by atoms with E-state index < -0.39 is 0 Å². The molecule has 0 spiro atoms. The zero-order chi connectivity index (χ0) is 18.4. The number of hydrogen-bond donors (Lipinski definition) is 1. The summed E-state index contributed by atoms with van der Waals surface area (Å²) in [6, 6.07) is 11.5. The molecule has 0 radical (unpaired) electrons. The normalized spacial score (nSPS) is 13.4. The van der Waals surface area contributed by atoms with Gasteiger partial charge in [0.1, 0.15) is 23.9 Å². The van der Waals surface area contributed by atoms with E-state index in [4.69, 9.17) is 18.9 Å². The standard InChI is InChI=1S/C20H24N2O4/c1-23-16-6-4-7-17(24-2)15(16)13-26-18-9-8-14(12-19(18)25-3)20-21-10-5-11-22-20/h4,6-9,12H,5,10-11,13H2,1-3H3,(H,21,22). The van der Waals surface area contributed by atoms with E-state index in [9.17, 15) is 0 Å². The summed E-state index contributed by atoms with van der Waals surface area (Å²) in [6.07, 6.45) is 1.06. The molecule has 0 aliphatic carbocycles. The molecule has 6 heteroatoms. The van der Waals surface area contributed by atoms with Crippen molar-refractivity contribution in [3.63, 3.8) is 0 Å². The van der Waals surface area contributed by atoms with Crippen LogP contribution in [0.5, 0.6) is 23.0 Å². The third-order valence-corrected chi connectivity index (χ3v) is 4.24. The average molecular weight is 356 g/mol. The van der Waals surface area contributed by atoms with E-state index in [0.29, 0.717) is 18.1 Å². The number of ether oxygens (including phenoxy) is 4. The van der Waals surface area contributed by atoms with Crippen LogP contribution in [-0.4, -0.2) is 40.3 Å². The quantitative estimate of drug-likeness (QED) is 0.826. The topological polar surface area (TPSA) is 61.3 Å². The minimum atomic E-state index is 0.308. The summed E-state index contributed by atoms with van der Waals surface area (Å²) in [5.74, 6) is 3.65. The number of amidine groups is 1. The molecule has 1 aliphatic rings. The average Bonchev–Trinajstić information content (AvgIpc) is 2.72. The van der Waals surface area contributed by atoms with Crippen LogP contribution in [0.15, 0.2) is 41.4 Å². The van der Waals surface area contributed by atoms with E-state index in [1.807, 2.05) is 36.4 Å². The number of hydrogen-bond acceptors (Lipinski definition) is 6. The zero-order valence-electron chi connectivity index (χ0n) is 15.4. The molecule has 0 saturated heterocycles. The molecule has 0 saturated carbocycles. The number of methoxy groups -OCH3 is 3. The fraction of sp³-hybridized carbons (Fsp3) is 0.350. The Morgan fingerprint density at radius 2 is 1.65 bits per heavy atom. The van der Waals surface area contributed by atoms with Crippen molar-refractivity contribution in [3.05, 3.63) is 47.5 Å². The Hall–Kier alpha value is -2.89. The van der Waals surface area contributed by atoms with E-state index in [-0.39, 0.29) is 0 Å². The van der Waals surface area contributed by atoms with Crippen LogP contribution in [0.2, 0.25) is 0 Å². The van der Waals surface area contributed by atoms with Gasteiger partial charge in [-0.05, 0) is 36.8 Å². The van der Waals surface area contributed by atoms with Crippen molar-refractivity contribution >= 4 is 5.84 Å². The predicted octanol–water partition coefficient (Wildman–Crippen LogP) is 3.03. The minimum absolute atomic E-state index is 0.308. The summed E-state index contributed by atoms with van der Waals surface area (Å²) >= 11 is 0. The number of benzene rings is 2. The molecule has 0 bridgehead atoms. The van der Waals surface area contributed by atoms with Crippen LogP contribution in [0, 0.1) is 0 Å². The molecular weight excluding hydrogens is 332 g/mol. The van der Waals surface area contributed by atoms with E-state index >= 15 is 0 Å². The lowest BCUT2D eigenvalue weighted by Gasteiger charge is -2.18. The Kier molecular flexibility index (Phi) is 5.84. The lowest BCUT2D eigenvalue weighted by atomic mass is 10.1. The molecule has 0 atom stereocenters. The molecule has 138 valence electrons. The zero-order valence-corrected chi connectivity index (χ0v) is 15.4. The minimum Gasteiger partial charge on any atom is -0.496 e.